The molecule has 0 saturated heterocycles. The zero-order valence-corrected chi connectivity index (χ0v) is 34.6. The predicted molar refractivity (Wildman–Crippen MR) is 227 cm³/mol. The standard InChI is InChI=1S/C27H26F4N2O4S.C20H23FN2O/c28-19-10-15-24-18(16-19)9-8-17-4-1-2-6-23(17)33(24)25-7-3-5-22(26(25)34)32-38(35,36)21-13-11-20(12-14-21)37-27(29,30)31;21-15-10-11-18-14(12-15)9-8-13-4-1-2-6-17(13)23(18)19-7-3-5-16(22)20(19)24/h1-2,4,6,10-16,22,25-26,32,34H,3,5,7-9H2;1-2,4,6,10-12,16,19-20,24H,3,5,7-9,22H2/t22-,25+,26+;16-,19+,20+/m00/s1. The van der Waals surface area contributed by atoms with Gasteiger partial charge >= 0.3 is 6.36 Å². The molecule has 2 aliphatic heterocycles. The van der Waals surface area contributed by atoms with Crippen molar-refractivity contribution in [2.45, 2.75) is 112 Å². The van der Waals surface area contributed by atoms with Crippen LogP contribution in [-0.2, 0) is 35.7 Å². The molecule has 2 saturated carbocycles. The molecule has 0 spiro atoms. The zero-order valence-electron chi connectivity index (χ0n) is 33.8. The molecule has 4 aliphatic rings. The van der Waals surface area contributed by atoms with Gasteiger partial charge in [-0.1, -0.05) is 36.4 Å². The Bertz CT molecular complexity index is 2490. The van der Waals surface area contributed by atoms with Gasteiger partial charge in [0.2, 0.25) is 10.0 Å². The number of fused-ring (bicyclic) bond motifs is 4. The van der Waals surface area contributed by atoms with Crippen molar-refractivity contribution in [3.8, 4) is 5.75 Å². The number of hydrogen-bond acceptors (Lipinski definition) is 8. The molecule has 2 fully saturated rings. The molecule has 0 unspecified atom stereocenters. The first-order valence-electron chi connectivity index (χ1n) is 21.0. The third-order valence-corrected chi connectivity index (χ3v) is 14.0. The molecule has 5 aromatic rings. The monoisotopic (exact) mass is 876 g/mol. The number of hydrogen-bond donors (Lipinski definition) is 4. The molecule has 5 aromatic carbocycles. The first-order chi connectivity index (χ1) is 29.7. The van der Waals surface area contributed by atoms with E-state index in [-0.39, 0.29) is 28.6 Å². The van der Waals surface area contributed by atoms with E-state index in [4.69, 9.17) is 5.73 Å². The molecule has 0 radical (unpaired) electrons. The minimum absolute atomic E-state index is 0.0720. The maximum absolute atomic E-state index is 14.1. The van der Waals surface area contributed by atoms with Crippen molar-refractivity contribution in [2.24, 2.45) is 5.73 Å². The molecule has 9 nitrogen and oxygen atoms in total. The van der Waals surface area contributed by atoms with Gasteiger partial charge in [-0.25, -0.2) is 21.9 Å². The van der Waals surface area contributed by atoms with E-state index in [1.165, 1.54) is 23.8 Å². The molecule has 328 valence electrons. The molecule has 62 heavy (non-hydrogen) atoms. The molecular weight excluding hydrogens is 828 g/mol. The Labute approximate surface area is 358 Å². The number of nitrogens with zero attached hydrogens (tertiary/aromatic N) is 2. The van der Waals surface area contributed by atoms with E-state index in [1.807, 2.05) is 47.4 Å². The van der Waals surface area contributed by atoms with E-state index in [9.17, 15) is 40.6 Å². The van der Waals surface area contributed by atoms with Crippen LogP contribution in [0.3, 0.4) is 0 Å². The second-order valence-corrected chi connectivity index (χ2v) is 18.1. The Hall–Kier alpha value is -5.06. The van der Waals surface area contributed by atoms with Crippen molar-refractivity contribution in [1.82, 2.24) is 4.72 Å². The highest BCUT2D eigenvalue weighted by molar-refractivity contribution is 7.89. The van der Waals surface area contributed by atoms with Gasteiger partial charge in [-0.15, -0.1) is 13.2 Å². The lowest BCUT2D eigenvalue weighted by atomic mass is 9.86. The van der Waals surface area contributed by atoms with E-state index in [0.29, 0.717) is 32.1 Å². The SMILES string of the molecule is N[C@H]1CCC[C@@H](N2c3ccccc3CCc3cc(F)ccc32)[C@@H]1O.O=S(=O)(N[C@H]1CCC[C@@H](N2c3ccccc3CCc3cc(F)ccc32)[C@@H]1O)c1ccc(OC(F)(F)F)cc1. The van der Waals surface area contributed by atoms with Gasteiger partial charge in [-0.3, -0.25) is 0 Å². The first-order valence-corrected chi connectivity index (χ1v) is 22.5. The van der Waals surface area contributed by atoms with Gasteiger partial charge < -0.3 is 30.5 Å². The third kappa shape index (κ3) is 9.32. The number of aryl methyl sites for hydroxylation is 4. The Balaban J connectivity index is 0.000000189. The number of halogens is 5. The lowest BCUT2D eigenvalue weighted by Gasteiger charge is -2.43. The van der Waals surface area contributed by atoms with E-state index >= 15 is 0 Å². The minimum atomic E-state index is -4.89. The number of sulfonamides is 1. The molecule has 2 heterocycles. The van der Waals surface area contributed by atoms with Crippen molar-refractivity contribution >= 4 is 32.8 Å². The maximum atomic E-state index is 14.1. The van der Waals surface area contributed by atoms with E-state index < -0.39 is 46.4 Å². The number of benzene rings is 5. The number of nitrogens with one attached hydrogen (secondary N) is 1. The van der Waals surface area contributed by atoms with Crippen LogP contribution in [0.5, 0.6) is 5.75 Å². The fourth-order valence-corrected chi connectivity index (χ4v) is 10.8. The van der Waals surface area contributed by atoms with Crippen molar-refractivity contribution in [3.05, 3.63) is 143 Å². The summed E-state index contributed by atoms with van der Waals surface area (Å²) in [7, 11) is -4.16. The number of nitrogens with two attached hydrogens (primary N) is 1. The highest BCUT2D eigenvalue weighted by Crippen LogP contribution is 2.43. The van der Waals surface area contributed by atoms with Crippen LogP contribution < -0.4 is 25.0 Å². The lowest BCUT2D eigenvalue weighted by molar-refractivity contribution is -0.274. The average molecular weight is 877 g/mol. The fourth-order valence-electron chi connectivity index (χ4n) is 9.53. The molecule has 0 bridgehead atoms. The molecule has 9 rings (SSSR count). The summed E-state index contributed by atoms with van der Waals surface area (Å²) in [6.45, 7) is 0. The van der Waals surface area contributed by atoms with Crippen LogP contribution in [0.15, 0.2) is 114 Å². The summed E-state index contributed by atoms with van der Waals surface area (Å²) in [5, 5.41) is 22.2. The van der Waals surface area contributed by atoms with Gasteiger partial charge in [0.05, 0.1) is 35.2 Å². The third-order valence-electron chi connectivity index (χ3n) is 12.5. The largest absolute Gasteiger partial charge is 0.573 e. The van der Waals surface area contributed by atoms with Crippen LogP contribution in [0.2, 0.25) is 0 Å². The first kappa shape index (κ1) is 43.6. The number of para-hydroxylation sites is 2. The summed E-state index contributed by atoms with van der Waals surface area (Å²) < 4.78 is 97.7. The van der Waals surface area contributed by atoms with E-state index in [2.05, 4.69) is 26.5 Å². The van der Waals surface area contributed by atoms with Gasteiger partial charge in [0.15, 0.2) is 0 Å². The topological polar surface area (TPSA) is 128 Å². The number of alkyl halides is 3. The summed E-state index contributed by atoms with van der Waals surface area (Å²) in [6.07, 6.45) is 0.696. The van der Waals surface area contributed by atoms with Gasteiger partial charge in [0.25, 0.3) is 0 Å². The quantitative estimate of drug-likeness (QED) is 0.125. The molecule has 2 aliphatic carbocycles. The van der Waals surface area contributed by atoms with Crippen molar-refractivity contribution in [3.63, 3.8) is 0 Å². The van der Waals surface area contributed by atoms with Crippen LogP contribution in [0.4, 0.5) is 44.7 Å². The van der Waals surface area contributed by atoms with E-state index in [0.717, 1.165) is 95.8 Å². The minimum Gasteiger partial charge on any atom is -0.406 e. The van der Waals surface area contributed by atoms with Crippen LogP contribution in [-0.4, -0.2) is 61.4 Å². The highest BCUT2D eigenvalue weighted by Gasteiger charge is 2.41. The smallest absolute Gasteiger partial charge is 0.406 e. The number of aliphatic hydroxyl groups excluding tert-OH is 2. The Kier molecular flexibility index (Phi) is 12.6. The van der Waals surface area contributed by atoms with Gasteiger partial charge in [-0.05, 0) is 159 Å². The van der Waals surface area contributed by atoms with Gasteiger partial charge in [0.1, 0.15) is 17.4 Å². The number of aliphatic hydroxyl groups is 2. The maximum Gasteiger partial charge on any atom is 0.573 e. The molecular formula is C47H49F5N4O5S. The molecule has 6 atom stereocenters. The van der Waals surface area contributed by atoms with E-state index in [1.54, 1.807) is 12.1 Å². The Morgan fingerprint density at radius 1 is 0.613 bits per heavy atom. The summed E-state index contributed by atoms with van der Waals surface area (Å²) >= 11 is 0. The Morgan fingerprint density at radius 3 is 1.61 bits per heavy atom. The lowest BCUT2D eigenvalue weighted by Crippen LogP contribution is -2.55. The normalized spacial score (nSPS) is 23.6. The number of rotatable bonds is 6. The molecule has 15 heteroatoms. The zero-order chi connectivity index (χ0) is 43.8. The van der Waals surface area contributed by atoms with Crippen LogP contribution in [0.25, 0.3) is 0 Å². The molecule has 5 N–H and O–H groups in total. The summed E-state index contributed by atoms with van der Waals surface area (Å²) in [6, 6.07) is 27.8. The molecule has 0 amide bonds. The number of anilines is 4. The summed E-state index contributed by atoms with van der Waals surface area (Å²) in [5.41, 5.74) is 14.0. The van der Waals surface area contributed by atoms with Crippen molar-refractivity contribution in [2.75, 3.05) is 9.80 Å². The van der Waals surface area contributed by atoms with Gasteiger partial charge in [-0.2, -0.15) is 0 Å². The fraction of sp³-hybridized carbons (Fsp3) is 0.362. The second-order valence-electron chi connectivity index (χ2n) is 16.4. The van der Waals surface area contributed by atoms with Gasteiger partial charge in [0, 0.05) is 28.8 Å². The predicted octanol–water partition coefficient (Wildman–Crippen LogP) is 8.52. The summed E-state index contributed by atoms with van der Waals surface area (Å²) in [4.78, 5) is 3.95. The van der Waals surface area contributed by atoms with Crippen LogP contribution in [0.1, 0.15) is 60.8 Å². The average Bonchev–Trinajstić information content (AvgIpc) is 3.50. The van der Waals surface area contributed by atoms with Crippen LogP contribution in [0, 0.1) is 11.6 Å². The molecule has 0 aromatic heterocycles. The Morgan fingerprint density at radius 2 is 1.08 bits per heavy atom. The summed E-state index contributed by atoms with van der Waals surface area (Å²) in [5.74, 6) is -1.10. The van der Waals surface area contributed by atoms with Crippen molar-refractivity contribution < 1.29 is 45.3 Å². The van der Waals surface area contributed by atoms with Crippen molar-refractivity contribution in [1.29, 1.82) is 0 Å². The number of ether oxygens (including phenoxy) is 1. The highest BCUT2D eigenvalue weighted by atomic mass is 32.2. The van der Waals surface area contributed by atoms with Crippen LogP contribution >= 0.6 is 0 Å². The second kappa shape index (κ2) is 18.0.